The number of hydrogen-bond acceptors (Lipinski definition) is 17. The second-order valence-corrected chi connectivity index (χ2v) is 23.1. The first-order valence-electron chi connectivity index (χ1n) is 30.7. The number of primary amides is 1. The molecule has 0 aliphatic rings. The molecule has 6 amide bonds. The molecule has 0 bridgehead atoms. The summed E-state index contributed by atoms with van der Waals surface area (Å²) in [4.78, 5) is 182. The van der Waals surface area contributed by atoms with Gasteiger partial charge in [0.15, 0.2) is 40.8 Å². The first kappa shape index (κ1) is 79.8. The van der Waals surface area contributed by atoms with Crippen LogP contribution in [0, 0.1) is 41.4 Å². The fraction of sp³-hybridized carbons (Fsp3) is 0.656. The molecule has 0 aromatic heterocycles. The Morgan fingerprint density at radius 1 is 0.489 bits per heavy atom. The largest absolute Gasteiger partial charge is 0.481 e. The number of amides is 6. The number of hydrogen-bond donors (Lipinski definition) is 14. The first-order valence-corrected chi connectivity index (χ1v) is 30.7. The third-order valence-corrected chi connectivity index (χ3v) is 15.8. The fourth-order valence-corrected chi connectivity index (χ4v) is 10.0. The number of nitrogens with two attached hydrogens (primary N) is 6. The van der Waals surface area contributed by atoms with Crippen molar-refractivity contribution in [3.63, 3.8) is 0 Å². The van der Waals surface area contributed by atoms with E-state index >= 15 is 0 Å². The van der Waals surface area contributed by atoms with Crippen molar-refractivity contribution >= 4 is 88.2 Å². The van der Waals surface area contributed by atoms with Crippen LogP contribution in [0.25, 0.3) is 0 Å². The molecule has 0 radical (unpaired) electrons. The standard InChI is InChI=1S/C61H99N13O16/c1-7-34(3)41(55(63)86)30-51(80)45(27-38-16-10-9-11-17-38)73-59(90)42(35(4)8-2)31-52(81)46(32-54(84)85)72-56(87)36(5)26-48(77)47(33-75)74-58(89)40(19-14-24-68-60(64)65)29-49(78)43(20-15-25-69-61(66)67)71-57(88)39(18-12-13-23-62)28-50(79)44(70-37(6)76)21-22-53(82)83/h9-11,16-17,34-36,39-47,75H,7-8,12-15,18-33,62H2,1-6H3,(H2,63,86)(H,70,76)(H,71,88)(H,72,87)(H,73,90)(H,74,89)(H,82,83)(H,84,85)(H4,64,65,68)(H4,66,67,69)/t34-,35+,36-,39-,40-,41+,42+,43+,44+,45+,46+,47+/m1/s1. The van der Waals surface area contributed by atoms with E-state index in [9.17, 15) is 77.6 Å². The fourth-order valence-electron chi connectivity index (χ4n) is 10.0. The molecule has 0 aliphatic heterocycles. The molecule has 29 heteroatoms. The van der Waals surface area contributed by atoms with E-state index in [0.29, 0.717) is 31.2 Å². The zero-order valence-electron chi connectivity index (χ0n) is 52.9. The number of aliphatic hydroxyl groups is 1. The summed E-state index contributed by atoms with van der Waals surface area (Å²) in [6.45, 7) is 8.76. The van der Waals surface area contributed by atoms with E-state index in [2.05, 4.69) is 36.6 Å². The lowest BCUT2D eigenvalue weighted by Gasteiger charge is -2.28. The molecule has 1 aromatic carbocycles. The summed E-state index contributed by atoms with van der Waals surface area (Å²) >= 11 is 0. The van der Waals surface area contributed by atoms with Crippen molar-refractivity contribution in [3.8, 4) is 0 Å². The monoisotopic (exact) mass is 1270 g/mol. The summed E-state index contributed by atoms with van der Waals surface area (Å²) in [5.41, 5.74) is 34.2. The summed E-state index contributed by atoms with van der Waals surface area (Å²) in [5.74, 6) is -17.8. The van der Waals surface area contributed by atoms with Gasteiger partial charge in [-0.1, -0.05) is 84.2 Å². The Morgan fingerprint density at radius 2 is 0.944 bits per heavy atom. The molecule has 1 rings (SSSR count). The lowest BCUT2D eigenvalue weighted by molar-refractivity contribution is -0.141. The number of unbranched alkanes of at least 4 members (excludes halogenated alkanes) is 1. The molecule has 90 heavy (non-hydrogen) atoms. The van der Waals surface area contributed by atoms with E-state index in [1.165, 1.54) is 6.92 Å². The minimum absolute atomic E-state index is 0.00975. The maximum absolute atomic E-state index is 14.4. The number of carbonyl (C=O) groups is 13. The van der Waals surface area contributed by atoms with Crippen molar-refractivity contribution in [3.05, 3.63) is 35.9 Å². The van der Waals surface area contributed by atoms with Crippen molar-refractivity contribution in [1.29, 1.82) is 0 Å². The predicted octanol–water partition coefficient (Wildman–Crippen LogP) is -0.285. The Balaban J connectivity index is 3.52. The number of carboxylic acids is 2. The van der Waals surface area contributed by atoms with Crippen LogP contribution >= 0.6 is 0 Å². The van der Waals surface area contributed by atoms with Crippen LogP contribution in [0.1, 0.15) is 156 Å². The second-order valence-electron chi connectivity index (χ2n) is 23.1. The SMILES string of the molecule is CC[C@@H](C)[C@H](CC(=O)[C@H](Cc1ccccc1)NC(=O)[C@@H](CC(=O)[C@H](CC(=O)O)NC(=O)[C@H](C)CC(=O)[C@H](CO)NC(=O)[C@H](CCCN=C(N)N)CC(=O)[C@H](CCCN=C(N)N)NC(=O)[C@H](CCCCN)CC(=O)[C@H](CCC(=O)O)NC(C)=O)[C@@H](C)CC)C(N)=O. The minimum atomic E-state index is -1.71. The maximum atomic E-state index is 14.4. The summed E-state index contributed by atoms with van der Waals surface area (Å²) < 4.78 is 0. The van der Waals surface area contributed by atoms with Gasteiger partial charge in [0.25, 0.3) is 0 Å². The highest BCUT2D eigenvalue weighted by atomic mass is 16.4. The van der Waals surface area contributed by atoms with Gasteiger partial charge in [-0.2, -0.15) is 0 Å². The average molecular weight is 1270 g/mol. The molecular formula is C61H99N13O16. The van der Waals surface area contributed by atoms with Gasteiger partial charge in [-0.15, -0.1) is 0 Å². The minimum Gasteiger partial charge on any atom is -0.481 e. The Bertz CT molecular complexity index is 2630. The molecule has 0 heterocycles. The summed E-state index contributed by atoms with van der Waals surface area (Å²) in [5, 5.41) is 42.4. The molecule has 0 saturated carbocycles. The average Bonchev–Trinajstić information content (AvgIpc) is 3.28. The quantitative estimate of drug-likeness (QED) is 0.0227. The Labute approximate surface area is 526 Å². The third kappa shape index (κ3) is 31.3. The number of guanidine groups is 2. The van der Waals surface area contributed by atoms with Gasteiger partial charge in [0, 0.05) is 88.1 Å². The van der Waals surface area contributed by atoms with Gasteiger partial charge in [0.05, 0.1) is 37.2 Å². The van der Waals surface area contributed by atoms with Crippen molar-refractivity contribution < 1.29 is 77.6 Å². The normalized spacial score (nSPS) is 15.1. The lowest BCUT2D eigenvalue weighted by atomic mass is 9.83. The van der Waals surface area contributed by atoms with E-state index in [1.807, 2.05) is 6.92 Å². The van der Waals surface area contributed by atoms with Crippen molar-refractivity contribution in [2.75, 3.05) is 26.2 Å². The van der Waals surface area contributed by atoms with Gasteiger partial charge < -0.3 is 76.3 Å². The van der Waals surface area contributed by atoms with Crippen LogP contribution in [0.4, 0.5) is 0 Å². The smallest absolute Gasteiger partial charge is 0.305 e. The molecule has 0 unspecified atom stereocenters. The van der Waals surface area contributed by atoms with Crippen LogP contribution in [0.15, 0.2) is 40.3 Å². The van der Waals surface area contributed by atoms with Crippen LogP contribution in [0.5, 0.6) is 0 Å². The summed E-state index contributed by atoms with van der Waals surface area (Å²) in [6.07, 6.45) is -2.26. The molecule has 29 nitrogen and oxygen atoms in total. The highest BCUT2D eigenvalue weighted by molar-refractivity contribution is 5.99. The van der Waals surface area contributed by atoms with Crippen LogP contribution in [-0.2, 0) is 68.7 Å². The Morgan fingerprint density at radius 3 is 1.43 bits per heavy atom. The number of aliphatic imine (C=N–C) groups is 2. The van der Waals surface area contributed by atoms with Crippen LogP contribution in [0.2, 0.25) is 0 Å². The number of nitrogens with zero attached hydrogens (tertiary/aromatic N) is 2. The van der Waals surface area contributed by atoms with Gasteiger partial charge in [-0.25, -0.2) is 0 Å². The molecule has 20 N–H and O–H groups in total. The Kier molecular flexibility index (Phi) is 37.8. The maximum Gasteiger partial charge on any atom is 0.305 e. The second kappa shape index (κ2) is 42.7. The van der Waals surface area contributed by atoms with Gasteiger partial charge in [-0.05, 0) is 75.3 Å². The van der Waals surface area contributed by atoms with E-state index in [1.54, 1.807) is 51.1 Å². The summed E-state index contributed by atoms with van der Waals surface area (Å²) in [6, 6.07) is 1.67. The molecule has 1 aromatic rings. The van der Waals surface area contributed by atoms with Gasteiger partial charge >= 0.3 is 11.9 Å². The van der Waals surface area contributed by atoms with Crippen molar-refractivity contribution in [2.24, 2.45) is 85.8 Å². The number of ketones is 5. The van der Waals surface area contributed by atoms with Crippen LogP contribution in [0.3, 0.4) is 0 Å². The first-order chi connectivity index (χ1) is 42.4. The highest BCUT2D eigenvalue weighted by Gasteiger charge is 2.38. The molecule has 0 saturated heterocycles. The Hall–Kier alpha value is -8.21. The van der Waals surface area contributed by atoms with E-state index in [-0.39, 0.29) is 88.8 Å². The van der Waals surface area contributed by atoms with Gasteiger partial charge in [0.2, 0.25) is 35.4 Å². The van der Waals surface area contributed by atoms with Crippen LogP contribution < -0.4 is 61.0 Å². The highest BCUT2D eigenvalue weighted by Crippen LogP contribution is 2.25. The molecular weight excluding hydrogens is 1170 g/mol. The zero-order valence-corrected chi connectivity index (χ0v) is 52.9. The number of aliphatic hydroxyl groups excluding tert-OH is 1. The molecule has 12 atom stereocenters. The number of nitrogens with one attached hydrogen (secondary N) is 5. The number of rotatable bonds is 49. The topological polar surface area (TPSA) is 524 Å². The number of benzene rings is 1. The van der Waals surface area contributed by atoms with Gasteiger partial charge in [0.1, 0.15) is 6.04 Å². The lowest BCUT2D eigenvalue weighted by Crippen LogP contribution is -2.50. The van der Waals surface area contributed by atoms with Crippen LogP contribution in [-0.4, -0.2) is 160 Å². The number of carboxylic acid groups (broad SMARTS) is 2. The predicted molar refractivity (Wildman–Crippen MR) is 334 cm³/mol. The molecule has 0 spiro atoms. The van der Waals surface area contributed by atoms with Crippen molar-refractivity contribution in [1.82, 2.24) is 26.6 Å². The van der Waals surface area contributed by atoms with Crippen molar-refractivity contribution in [2.45, 2.75) is 187 Å². The van der Waals surface area contributed by atoms with Gasteiger partial charge in [-0.3, -0.25) is 72.3 Å². The molecule has 0 aliphatic carbocycles. The summed E-state index contributed by atoms with van der Waals surface area (Å²) in [7, 11) is 0. The van der Waals surface area contributed by atoms with E-state index < -0.39 is 187 Å². The van der Waals surface area contributed by atoms with E-state index in [4.69, 9.17) is 34.4 Å². The number of carbonyl (C=O) groups excluding carboxylic acids is 11. The molecule has 504 valence electrons. The van der Waals surface area contributed by atoms with E-state index in [0.717, 1.165) is 6.92 Å². The number of Topliss-reactive ketones (excluding diaryl/α,β-unsaturated/α-hetero) is 5. The molecule has 0 fully saturated rings. The zero-order chi connectivity index (χ0) is 68.2. The third-order valence-electron chi connectivity index (χ3n) is 15.8. The number of aliphatic carboxylic acids is 2.